The van der Waals surface area contributed by atoms with Crippen molar-refractivity contribution in [1.29, 1.82) is 0 Å². The van der Waals surface area contributed by atoms with Crippen molar-refractivity contribution in [3.63, 3.8) is 0 Å². The first kappa shape index (κ1) is 20.6. The fourth-order valence-corrected chi connectivity index (χ4v) is 3.34. The number of hydrazone groups is 1. The molecule has 0 aliphatic rings. The quantitative estimate of drug-likeness (QED) is 0.253. The number of ether oxygens (including phenoxy) is 1. The number of para-hydroxylation sites is 2. The first-order chi connectivity index (χ1) is 14.1. The van der Waals surface area contributed by atoms with Gasteiger partial charge in [0.1, 0.15) is 12.4 Å². The van der Waals surface area contributed by atoms with Gasteiger partial charge in [0, 0.05) is 29.2 Å². The molecule has 2 aromatic carbocycles. The van der Waals surface area contributed by atoms with Crippen LogP contribution in [0.15, 0.2) is 66.4 Å². The fourth-order valence-electron chi connectivity index (χ4n) is 3.20. The largest absolute Gasteiger partial charge is 0.491 e. The van der Waals surface area contributed by atoms with Crippen LogP contribution in [0.4, 0.5) is 0 Å². The van der Waals surface area contributed by atoms with Gasteiger partial charge < -0.3 is 14.6 Å². The van der Waals surface area contributed by atoms with E-state index in [1.54, 1.807) is 12.3 Å². The molecule has 0 aliphatic carbocycles. The molecule has 1 heterocycles. The lowest BCUT2D eigenvalue weighted by Gasteiger charge is -2.12. The minimum atomic E-state index is 0.465. The van der Waals surface area contributed by atoms with Crippen molar-refractivity contribution in [3.8, 4) is 5.75 Å². The van der Waals surface area contributed by atoms with Gasteiger partial charge in [-0.3, -0.25) is 5.43 Å². The maximum Gasteiger partial charge on any atom is 0.187 e. The molecular formula is C23H26N4OS. The van der Waals surface area contributed by atoms with Crippen LogP contribution in [0, 0.1) is 13.8 Å². The van der Waals surface area contributed by atoms with Gasteiger partial charge in [-0.1, -0.05) is 42.5 Å². The molecule has 150 valence electrons. The highest BCUT2D eigenvalue weighted by molar-refractivity contribution is 7.80. The van der Waals surface area contributed by atoms with E-state index in [0.717, 1.165) is 39.9 Å². The number of rotatable bonds is 8. The zero-order chi connectivity index (χ0) is 20.6. The van der Waals surface area contributed by atoms with Gasteiger partial charge in [-0.05, 0) is 43.3 Å². The van der Waals surface area contributed by atoms with Crippen LogP contribution in [-0.4, -0.2) is 29.0 Å². The summed E-state index contributed by atoms with van der Waals surface area (Å²) in [5.74, 6) is 0.968. The average molecular weight is 407 g/mol. The van der Waals surface area contributed by atoms with Crippen LogP contribution in [-0.2, 0) is 6.54 Å². The highest BCUT2D eigenvalue weighted by Gasteiger charge is 2.08. The Morgan fingerprint density at radius 1 is 1.17 bits per heavy atom. The van der Waals surface area contributed by atoms with Crippen molar-refractivity contribution in [2.45, 2.75) is 20.4 Å². The van der Waals surface area contributed by atoms with E-state index in [0.29, 0.717) is 18.3 Å². The van der Waals surface area contributed by atoms with Crippen LogP contribution in [0.1, 0.15) is 16.7 Å². The topological polar surface area (TPSA) is 50.6 Å². The van der Waals surface area contributed by atoms with Crippen LogP contribution in [0.2, 0.25) is 0 Å². The second-order valence-corrected chi connectivity index (χ2v) is 7.14. The number of aryl methyl sites for hydroxylation is 2. The van der Waals surface area contributed by atoms with Gasteiger partial charge in [0.25, 0.3) is 0 Å². The first-order valence-corrected chi connectivity index (χ1v) is 9.95. The molecule has 6 heteroatoms. The molecule has 3 aromatic rings. The van der Waals surface area contributed by atoms with Gasteiger partial charge in [0.15, 0.2) is 5.11 Å². The summed E-state index contributed by atoms with van der Waals surface area (Å²) in [5, 5.41) is 8.83. The van der Waals surface area contributed by atoms with Crippen molar-refractivity contribution in [2.75, 3.05) is 13.2 Å². The number of aromatic nitrogens is 1. The number of nitrogens with one attached hydrogen (secondary N) is 2. The first-order valence-electron chi connectivity index (χ1n) is 9.55. The zero-order valence-electron chi connectivity index (χ0n) is 16.8. The maximum atomic E-state index is 6.08. The van der Waals surface area contributed by atoms with Crippen LogP contribution in [0.25, 0.3) is 10.9 Å². The molecule has 5 nitrogen and oxygen atoms in total. The van der Waals surface area contributed by atoms with E-state index in [9.17, 15) is 0 Å². The van der Waals surface area contributed by atoms with Crippen molar-refractivity contribution in [1.82, 2.24) is 15.3 Å². The summed E-state index contributed by atoms with van der Waals surface area (Å²) in [5.41, 5.74) is 7.30. The summed E-state index contributed by atoms with van der Waals surface area (Å²) in [6.45, 7) is 9.73. The smallest absolute Gasteiger partial charge is 0.187 e. The van der Waals surface area contributed by atoms with Crippen molar-refractivity contribution >= 4 is 34.4 Å². The minimum absolute atomic E-state index is 0.465. The Labute approximate surface area is 177 Å². The number of thiocarbonyl (C=S) groups is 1. The molecule has 0 atom stereocenters. The van der Waals surface area contributed by atoms with E-state index in [-0.39, 0.29) is 0 Å². The van der Waals surface area contributed by atoms with Gasteiger partial charge >= 0.3 is 0 Å². The van der Waals surface area contributed by atoms with Crippen LogP contribution < -0.4 is 15.5 Å². The third-order valence-corrected chi connectivity index (χ3v) is 4.82. The molecule has 0 spiro atoms. The fraction of sp³-hybridized carbons (Fsp3) is 0.217. The van der Waals surface area contributed by atoms with Crippen molar-refractivity contribution < 1.29 is 4.74 Å². The predicted octanol–water partition coefficient (Wildman–Crippen LogP) is 4.32. The van der Waals surface area contributed by atoms with E-state index in [1.807, 2.05) is 12.1 Å². The molecule has 29 heavy (non-hydrogen) atoms. The normalized spacial score (nSPS) is 11.0. The Kier molecular flexibility index (Phi) is 7.03. The molecule has 0 radical (unpaired) electrons. The van der Waals surface area contributed by atoms with Gasteiger partial charge in [0.2, 0.25) is 0 Å². The van der Waals surface area contributed by atoms with Crippen molar-refractivity contribution in [2.24, 2.45) is 5.10 Å². The Morgan fingerprint density at radius 2 is 1.93 bits per heavy atom. The molecule has 1 aromatic heterocycles. The second-order valence-electron chi connectivity index (χ2n) is 6.73. The van der Waals surface area contributed by atoms with Crippen LogP contribution in [0.3, 0.4) is 0 Å². The molecule has 0 fully saturated rings. The summed E-state index contributed by atoms with van der Waals surface area (Å²) in [6, 6.07) is 14.5. The number of hydrogen-bond acceptors (Lipinski definition) is 3. The number of hydrogen-bond donors (Lipinski definition) is 2. The summed E-state index contributed by atoms with van der Waals surface area (Å²) < 4.78 is 8.27. The van der Waals surface area contributed by atoms with E-state index < -0.39 is 0 Å². The van der Waals surface area contributed by atoms with Gasteiger partial charge in [-0.25, -0.2) is 0 Å². The van der Waals surface area contributed by atoms with E-state index in [2.05, 4.69) is 77.4 Å². The molecule has 3 rings (SSSR count). The lowest BCUT2D eigenvalue weighted by atomic mass is 10.1. The number of fused-ring (bicyclic) bond motifs is 1. The van der Waals surface area contributed by atoms with Gasteiger partial charge in [0.05, 0.1) is 12.8 Å². The second kappa shape index (κ2) is 9.89. The molecule has 0 aliphatic heterocycles. The predicted molar refractivity (Wildman–Crippen MR) is 125 cm³/mol. The Bertz CT molecular complexity index is 1020. The van der Waals surface area contributed by atoms with E-state index in [4.69, 9.17) is 17.0 Å². The molecule has 0 unspecified atom stereocenters. The Morgan fingerprint density at radius 3 is 2.69 bits per heavy atom. The summed E-state index contributed by atoms with van der Waals surface area (Å²) in [7, 11) is 0. The minimum Gasteiger partial charge on any atom is -0.491 e. The summed E-state index contributed by atoms with van der Waals surface area (Å²) in [4.78, 5) is 0. The lowest BCUT2D eigenvalue weighted by Crippen LogP contribution is -2.31. The molecular weight excluding hydrogens is 380 g/mol. The maximum absolute atomic E-state index is 6.08. The lowest BCUT2D eigenvalue weighted by molar-refractivity contribution is 0.296. The summed E-state index contributed by atoms with van der Waals surface area (Å²) >= 11 is 5.16. The van der Waals surface area contributed by atoms with Crippen LogP contribution in [0.5, 0.6) is 5.75 Å². The zero-order valence-corrected chi connectivity index (χ0v) is 17.6. The molecule has 0 amide bonds. The SMILES string of the molecule is C=CCNC(=S)N/N=C/c1cn(CCOc2c(C)cccc2C)c2ccccc12. The third kappa shape index (κ3) is 5.23. The van der Waals surface area contributed by atoms with Gasteiger partial charge in [-0.2, -0.15) is 5.10 Å². The Hall–Kier alpha value is -3.12. The average Bonchev–Trinajstić information content (AvgIpc) is 3.06. The highest BCUT2D eigenvalue weighted by atomic mass is 32.1. The molecule has 2 N–H and O–H groups in total. The molecule has 0 saturated heterocycles. The van der Waals surface area contributed by atoms with E-state index in [1.165, 1.54) is 0 Å². The molecule has 0 saturated carbocycles. The molecule has 0 bridgehead atoms. The van der Waals surface area contributed by atoms with Crippen LogP contribution >= 0.6 is 12.2 Å². The third-order valence-electron chi connectivity index (χ3n) is 4.58. The highest BCUT2D eigenvalue weighted by Crippen LogP contribution is 2.23. The number of benzene rings is 2. The number of nitrogens with zero attached hydrogens (tertiary/aromatic N) is 2. The summed E-state index contributed by atoms with van der Waals surface area (Å²) in [6.07, 6.45) is 5.61. The van der Waals surface area contributed by atoms with E-state index >= 15 is 0 Å². The standard InChI is InChI=1S/C23H26N4OS/c1-4-12-24-23(29)26-25-15-19-16-27(21-11-6-5-10-20(19)21)13-14-28-22-17(2)8-7-9-18(22)3/h4-11,15-16H,1,12-14H2,2-3H3,(H2,24,26,29)/b25-15+. The van der Waals surface area contributed by atoms with Crippen molar-refractivity contribution in [3.05, 3.63) is 78.0 Å². The van der Waals surface area contributed by atoms with Gasteiger partial charge in [-0.15, -0.1) is 6.58 Å². The monoisotopic (exact) mass is 406 g/mol. The Balaban J connectivity index is 1.70.